The molecule has 0 unspecified atom stereocenters. The van der Waals surface area contributed by atoms with Gasteiger partial charge in [-0.15, -0.1) is 0 Å². The SMILES string of the molecule is N#Cc1cc(NC(=O)c2cc(F)cc(F)c2)ccc1OCC(F)(F)F. The average molecular weight is 356 g/mol. The second-order valence-electron chi connectivity index (χ2n) is 4.84. The van der Waals surface area contributed by atoms with Crippen LogP contribution in [0.4, 0.5) is 27.6 Å². The Balaban J connectivity index is 2.17. The van der Waals surface area contributed by atoms with Crippen molar-refractivity contribution in [2.75, 3.05) is 11.9 Å². The molecular weight excluding hydrogens is 347 g/mol. The zero-order valence-electron chi connectivity index (χ0n) is 12.3. The van der Waals surface area contributed by atoms with E-state index in [0.29, 0.717) is 6.07 Å². The van der Waals surface area contributed by atoms with Gasteiger partial charge in [0, 0.05) is 17.3 Å². The quantitative estimate of drug-likeness (QED) is 0.842. The van der Waals surface area contributed by atoms with Gasteiger partial charge in [-0.25, -0.2) is 8.78 Å². The van der Waals surface area contributed by atoms with Crippen molar-refractivity contribution in [2.45, 2.75) is 6.18 Å². The number of hydrogen-bond acceptors (Lipinski definition) is 3. The minimum Gasteiger partial charge on any atom is -0.483 e. The number of anilines is 1. The van der Waals surface area contributed by atoms with E-state index in [9.17, 15) is 26.7 Å². The van der Waals surface area contributed by atoms with Crippen LogP contribution in [0.2, 0.25) is 0 Å². The van der Waals surface area contributed by atoms with Crippen molar-refractivity contribution in [2.24, 2.45) is 0 Å². The molecule has 0 aliphatic rings. The van der Waals surface area contributed by atoms with Gasteiger partial charge < -0.3 is 10.1 Å². The van der Waals surface area contributed by atoms with Gasteiger partial charge in [0.15, 0.2) is 6.61 Å². The molecule has 9 heteroatoms. The standard InChI is InChI=1S/C16H9F5N2O2/c17-11-3-9(4-12(18)6-11)15(24)23-13-1-2-14(10(5-13)7-22)25-8-16(19,20)21/h1-6H,8H2,(H,23,24). The minimum absolute atomic E-state index is 0.0468. The molecule has 1 N–H and O–H groups in total. The van der Waals surface area contributed by atoms with Crippen LogP contribution in [0.3, 0.4) is 0 Å². The third kappa shape index (κ3) is 5.17. The number of benzene rings is 2. The first-order chi connectivity index (χ1) is 11.7. The Kier molecular flexibility index (Phi) is 5.22. The lowest BCUT2D eigenvalue weighted by Crippen LogP contribution is -2.19. The summed E-state index contributed by atoms with van der Waals surface area (Å²) in [7, 11) is 0. The number of rotatable bonds is 4. The van der Waals surface area contributed by atoms with Gasteiger partial charge in [0.2, 0.25) is 0 Å². The Morgan fingerprint density at radius 2 is 1.76 bits per heavy atom. The predicted octanol–water partition coefficient (Wildman–Crippen LogP) is 4.03. The van der Waals surface area contributed by atoms with Crippen molar-refractivity contribution in [3.8, 4) is 11.8 Å². The van der Waals surface area contributed by atoms with Gasteiger partial charge in [-0.3, -0.25) is 4.79 Å². The van der Waals surface area contributed by atoms with Crippen molar-refractivity contribution < 1.29 is 31.5 Å². The molecule has 2 aromatic rings. The zero-order chi connectivity index (χ0) is 18.6. The number of hydrogen-bond donors (Lipinski definition) is 1. The second-order valence-corrected chi connectivity index (χ2v) is 4.84. The van der Waals surface area contributed by atoms with E-state index in [4.69, 9.17) is 5.26 Å². The molecule has 25 heavy (non-hydrogen) atoms. The molecule has 2 aromatic carbocycles. The highest BCUT2D eigenvalue weighted by Gasteiger charge is 2.28. The monoisotopic (exact) mass is 356 g/mol. The summed E-state index contributed by atoms with van der Waals surface area (Å²) in [6.07, 6.45) is -4.57. The normalized spacial score (nSPS) is 10.9. The van der Waals surface area contributed by atoms with Gasteiger partial charge in [-0.05, 0) is 30.3 Å². The summed E-state index contributed by atoms with van der Waals surface area (Å²) in [4.78, 5) is 12.0. The Morgan fingerprint density at radius 3 is 2.32 bits per heavy atom. The molecule has 0 fully saturated rings. The number of carbonyl (C=O) groups is 1. The molecule has 4 nitrogen and oxygen atoms in total. The molecule has 2 rings (SSSR count). The van der Waals surface area contributed by atoms with Crippen LogP contribution in [0.1, 0.15) is 15.9 Å². The Hall–Kier alpha value is -3.15. The van der Waals surface area contributed by atoms with Crippen LogP contribution in [0.25, 0.3) is 0 Å². The smallest absolute Gasteiger partial charge is 0.422 e. The third-order valence-electron chi connectivity index (χ3n) is 2.87. The Labute approximate surface area is 138 Å². The number of nitriles is 1. The number of ether oxygens (including phenoxy) is 1. The molecule has 0 aliphatic heterocycles. The molecule has 0 aliphatic carbocycles. The minimum atomic E-state index is -4.57. The zero-order valence-corrected chi connectivity index (χ0v) is 12.3. The van der Waals surface area contributed by atoms with Crippen LogP contribution >= 0.6 is 0 Å². The average Bonchev–Trinajstić information content (AvgIpc) is 2.51. The number of carbonyl (C=O) groups excluding carboxylic acids is 1. The van der Waals surface area contributed by atoms with Crippen molar-refractivity contribution >= 4 is 11.6 Å². The summed E-state index contributed by atoms with van der Waals surface area (Å²) in [5.74, 6) is -3.06. The van der Waals surface area contributed by atoms with E-state index in [-0.39, 0.29) is 22.6 Å². The Morgan fingerprint density at radius 1 is 1.12 bits per heavy atom. The van der Waals surface area contributed by atoms with Crippen LogP contribution in [-0.4, -0.2) is 18.7 Å². The number of alkyl halides is 3. The Bertz CT molecular complexity index is 823. The third-order valence-corrected chi connectivity index (χ3v) is 2.87. The van der Waals surface area contributed by atoms with E-state index in [1.54, 1.807) is 6.07 Å². The highest BCUT2D eigenvalue weighted by molar-refractivity contribution is 6.04. The summed E-state index contributed by atoms with van der Waals surface area (Å²) < 4.78 is 67.2. The van der Waals surface area contributed by atoms with Gasteiger partial charge in [-0.2, -0.15) is 18.4 Å². The second kappa shape index (κ2) is 7.17. The fraction of sp³-hybridized carbons (Fsp3) is 0.125. The van der Waals surface area contributed by atoms with E-state index < -0.39 is 30.3 Å². The van der Waals surface area contributed by atoms with Crippen LogP contribution in [-0.2, 0) is 0 Å². The largest absolute Gasteiger partial charge is 0.483 e. The first-order valence-electron chi connectivity index (χ1n) is 6.69. The molecule has 0 atom stereocenters. The molecule has 130 valence electrons. The van der Waals surface area contributed by atoms with Crippen LogP contribution in [0.5, 0.6) is 5.75 Å². The summed E-state index contributed by atoms with van der Waals surface area (Å²) in [5.41, 5.74) is -0.494. The first kappa shape index (κ1) is 18.2. The maximum Gasteiger partial charge on any atom is 0.422 e. The van der Waals surface area contributed by atoms with Crippen molar-refractivity contribution in [1.29, 1.82) is 5.26 Å². The van der Waals surface area contributed by atoms with E-state index in [0.717, 1.165) is 24.3 Å². The maximum atomic E-state index is 13.1. The van der Waals surface area contributed by atoms with Crippen LogP contribution < -0.4 is 10.1 Å². The number of halogens is 5. The number of nitrogens with one attached hydrogen (secondary N) is 1. The van der Waals surface area contributed by atoms with Crippen LogP contribution in [0, 0.1) is 23.0 Å². The van der Waals surface area contributed by atoms with Gasteiger partial charge >= 0.3 is 6.18 Å². The molecule has 0 saturated heterocycles. The molecule has 0 heterocycles. The van der Waals surface area contributed by atoms with Gasteiger partial charge in [-0.1, -0.05) is 0 Å². The lowest BCUT2D eigenvalue weighted by molar-refractivity contribution is -0.153. The number of nitrogens with zero attached hydrogens (tertiary/aromatic N) is 1. The predicted molar refractivity (Wildman–Crippen MR) is 77.0 cm³/mol. The summed E-state index contributed by atoms with van der Waals surface area (Å²) >= 11 is 0. The van der Waals surface area contributed by atoms with E-state index in [1.165, 1.54) is 6.07 Å². The van der Waals surface area contributed by atoms with Crippen LogP contribution in [0.15, 0.2) is 36.4 Å². The molecule has 0 aromatic heterocycles. The van der Waals surface area contributed by atoms with Gasteiger partial charge in [0.1, 0.15) is 23.5 Å². The first-order valence-corrected chi connectivity index (χ1v) is 6.69. The lowest BCUT2D eigenvalue weighted by atomic mass is 10.1. The molecule has 0 saturated carbocycles. The summed E-state index contributed by atoms with van der Waals surface area (Å²) in [6, 6.07) is 7.21. The lowest BCUT2D eigenvalue weighted by Gasteiger charge is -2.12. The fourth-order valence-corrected chi connectivity index (χ4v) is 1.87. The maximum absolute atomic E-state index is 13.1. The van der Waals surface area contributed by atoms with Crippen molar-refractivity contribution in [1.82, 2.24) is 0 Å². The van der Waals surface area contributed by atoms with Crippen molar-refractivity contribution in [3.05, 3.63) is 59.2 Å². The molecule has 1 amide bonds. The molecule has 0 spiro atoms. The topological polar surface area (TPSA) is 62.1 Å². The van der Waals surface area contributed by atoms with Gasteiger partial charge in [0.25, 0.3) is 5.91 Å². The fourth-order valence-electron chi connectivity index (χ4n) is 1.87. The molecule has 0 bridgehead atoms. The molecule has 0 radical (unpaired) electrons. The molecular formula is C16H9F5N2O2. The highest BCUT2D eigenvalue weighted by atomic mass is 19.4. The number of amides is 1. The highest BCUT2D eigenvalue weighted by Crippen LogP contribution is 2.25. The van der Waals surface area contributed by atoms with Crippen molar-refractivity contribution in [3.63, 3.8) is 0 Å². The van der Waals surface area contributed by atoms with Gasteiger partial charge in [0.05, 0.1) is 5.56 Å². The van der Waals surface area contributed by atoms with E-state index >= 15 is 0 Å². The summed E-state index contributed by atoms with van der Waals surface area (Å²) in [5, 5.41) is 11.3. The van der Waals surface area contributed by atoms with E-state index in [2.05, 4.69) is 10.1 Å². The summed E-state index contributed by atoms with van der Waals surface area (Å²) in [6.45, 7) is -1.57. The van der Waals surface area contributed by atoms with E-state index in [1.807, 2.05) is 0 Å².